The lowest BCUT2D eigenvalue weighted by Crippen LogP contribution is -2.05. The molecule has 3 nitrogen and oxygen atoms in total. The Hall–Kier alpha value is -0.830. The summed E-state index contributed by atoms with van der Waals surface area (Å²) in [6.45, 7) is 6.75. The second-order valence-electron chi connectivity index (χ2n) is 8.98. The van der Waals surface area contributed by atoms with Crippen LogP contribution < -0.4 is 0 Å². The van der Waals surface area contributed by atoms with E-state index < -0.39 is 0 Å². The first-order chi connectivity index (χ1) is 14.7. The van der Waals surface area contributed by atoms with Gasteiger partial charge in [-0.3, -0.25) is 0 Å². The van der Waals surface area contributed by atoms with Crippen molar-refractivity contribution in [3.8, 4) is 0 Å². The Labute approximate surface area is 188 Å². The van der Waals surface area contributed by atoms with E-state index in [0.717, 1.165) is 19.4 Å². The molecule has 0 rings (SSSR count). The zero-order valence-corrected chi connectivity index (χ0v) is 20.5. The molecule has 3 heteroatoms. The summed E-state index contributed by atoms with van der Waals surface area (Å²) in [5.74, 6) is -0.255. The molecule has 0 saturated heterocycles. The van der Waals surface area contributed by atoms with Crippen LogP contribution in [0.2, 0.25) is 0 Å². The quantitative estimate of drug-likeness (QED) is 0.0884. The largest absolute Gasteiger partial charge is 0.462 e. The molecule has 0 bridgehead atoms. The topological polar surface area (TPSA) is 35.5 Å². The lowest BCUT2D eigenvalue weighted by molar-refractivity contribution is -0.139. The Morgan fingerprint density at radius 1 is 0.533 bits per heavy atom. The molecular formula is C27H52O3. The van der Waals surface area contributed by atoms with Gasteiger partial charge in [0.15, 0.2) is 0 Å². The average molecular weight is 425 g/mol. The highest BCUT2D eigenvalue weighted by Gasteiger charge is 2.01. The van der Waals surface area contributed by atoms with E-state index in [-0.39, 0.29) is 5.97 Å². The second-order valence-corrected chi connectivity index (χ2v) is 8.98. The lowest BCUT2D eigenvalue weighted by atomic mass is 10.0. The first-order valence-corrected chi connectivity index (χ1v) is 13.0. The van der Waals surface area contributed by atoms with Crippen LogP contribution in [0.3, 0.4) is 0 Å². The van der Waals surface area contributed by atoms with E-state index in [1.54, 1.807) is 14.0 Å². The number of hydrogen-bond donors (Lipinski definition) is 0. The van der Waals surface area contributed by atoms with Crippen LogP contribution in [0.25, 0.3) is 0 Å². The maximum atomic E-state index is 11.2. The van der Waals surface area contributed by atoms with Crippen molar-refractivity contribution in [2.75, 3.05) is 20.3 Å². The first-order valence-electron chi connectivity index (χ1n) is 13.0. The van der Waals surface area contributed by atoms with E-state index in [1.807, 2.05) is 0 Å². The monoisotopic (exact) mass is 424 g/mol. The van der Waals surface area contributed by atoms with Gasteiger partial charge in [0.05, 0.1) is 6.61 Å². The molecule has 0 unspecified atom stereocenters. The highest BCUT2D eigenvalue weighted by atomic mass is 16.5. The van der Waals surface area contributed by atoms with Crippen molar-refractivity contribution in [1.82, 2.24) is 0 Å². The molecule has 0 aliphatic heterocycles. The minimum absolute atomic E-state index is 0.255. The summed E-state index contributed by atoms with van der Waals surface area (Å²) in [5.41, 5.74) is 0.491. The third kappa shape index (κ3) is 23.4. The molecule has 0 saturated carbocycles. The maximum absolute atomic E-state index is 11.2. The van der Waals surface area contributed by atoms with Crippen molar-refractivity contribution in [2.45, 2.75) is 135 Å². The molecule has 30 heavy (non-hydrogen) atoms. The van der Waals surface area contributed by atoms with E-state index in [4.69, 9.17) is 9.47 Å². The third-order valence-corrected chi connectivity index (χ3v) is 5.82. The average Bonchev–Trinajstić information content (AvgIpc) is 2.74. The Morgan fingerprint density at radius 2 is 0.800 bits per heavy atom. The predicted octanol–water partition coefficient (Wildman–Crippen LogP) is 8.55. The van der Waals surface area contributed by atoms with Gasteiger partial charge in [0, 0.05) is 19.3 Å². The highest BCUT2D eigenvalue weighted by Crippen LogP contribution is 2.14. The lowest BCUT2D eigenvalue weighted by Gasteiger charge is -2.05. The van der Waals surface area contributed by atoms with Gasteiger partial charge in [-0.25, -0.2) is 4.79 Å². The molecule has 0 aliphatic carbocycles. The number of methoxy groups -OCH3 is 1. The van der Waals surface area contributed by atoms with Crippen LogP contribution in [0.4, 0.5) is 0 Å². The number of ether oxygens (including phenoxy) is 2. The number of hydrogen-bond acceptors (Lipinski definition) is 3. The van der Waals surface area contributed by atoms with Gasteiger partial charge >= 0.3 is 5.97 Å². The summed E-state index contributed by atoms with van der Waals surface area (Å²) in [6, 6.07) is 0. The van der Waals surface area contributed by atoms with E-state index in [1.165, 1.54) is 116 Å². The molecule has 0 aromatic carbocycles. The van der Waals surface area contributed by atoms with Gasteiger partial charge in [-0.1, -0.05) is 122 Å². The zero-order valence-electron chi connectivity index (χ0n) is 20.5. The van der Waals surface area contributed by atoms with Crippen LogP contribution in [0, 0.1) is 0 Å². The third-order valence-electron chi connectivity index (χ3n) is 5.82. The smallest absolute Gasteiger partial charge is 0.333 e. The first kappa shape index (κ1) is 29.2. The maximum Gasteiger partial charge on any atom is 0.333 e. The van der Waals surface area contributed by atoms with Gasteiger partial charge in [-0.05, 0) is 19.8 Å². The van der Waals surface area contributed by atoms with E-state index in [9.17, 15) is 4.79 Å². The molecular weight excluding hydrogens is 372 g/mol. The molecule has 0 N–H and O–H groups in total. The Morgan fingerprint density at radius 3 is 1.07 bits per heavy atom. The van der Waals surface area contributed by atoms with Gasteiger partial charge in [0.1, 0.15) is 0 Å². The van der Waals surface area contributed by atoms with Gasteiger partial charge in [-0.15, -0.1) is 0 Å². The molecule has 0 aliphatic rings. The fourth-order valence-electron chi connectivity index (χ4n) is 3.82. The van der Waals surface area contributed by atoms with Crippen molar-refractivity contribution in [3.05, 3.63) is 12.2 Å². The summed E-state index contributed by atoms with van der Waals surface area (Å²) in [5, 5.41) is 0. The molecule has 0 radical (unpaired) electrons. The summed E-state index contributed by atoms with van der Waals surface area (Å²) >= 11 is 0. The predicted molar refractivity (Wildman–Crippen MR) is 130 cm³/mol. The fraction of sp³-hybridized carbons (Fsp3) is 0.889. The number of carbonyl (C=O) groups excluding carboxylic acids is 1. The SMILES string of the molecule is C=C(C)C(=O)OCCCCCCCCCCCCCCCCCCCCCCOC. The minimum Gasteiger partial charge on any atom is -0.462 e. The molecule has 0 amide bonds. The van der Waals surface area contributed by atoms with E-state index in [2.05, 4.69) is 6.58 Å². The van der Waals surface area contributed by atoms with Crippen LogP contribution in [-0.2, 0) is 14.3 Å². The summed E-state index contributed by atoms with van der Waals surface area (Å²) in [6.07, 6.45) is 27.1. The Kier molecular flexibility index (Phi) is 23.8. The van der Waals surface area contributed by atoms with Crippen molar-refractivity contribution in [1.29, 1.82) is 0 Å². The molecule has 178 valence electrons. The highest BCUT2D eigenvalue weighted by molar-refractivity contribution is 5.86. The standard InChI is InChI=1S/C27H52O3/c1-26(2)27(28)30-25-23-21-19-17-15-13-11-9-7-5-4-6-8-10-12-14-16-18-20-22-24-29-3/h1,4-25H2,2-3H3. The molecule has 0 aromatic heterocycles. The Bertz CT molecular complexity index is 378. The minimum atomic E-state index is -0.255. The number of carbonyl (C=O) groups is 1. The molecule has 0 atom stereocenters. The second kappa shape index (κ2) is 24.4. The van der Waals surface area contributed by atoms with Crippen LogP contribution in [0.15, 0.2) is 12.2 Å². The molecule has 0 fully saturated rings. The van der Waals surface area contributed by atoms with Crippen LogP contribution in [0.1, 0.15) is 135 Å². The van der Waals surface area contributed by atoms with E-state index in [0.29, 0.717) is 12.2 Å². The van der Waals surface area contributed by atoms with Gasteiger partial charge in [0.25, 0.3) is 0 Å². The summed E-state index contributed by atoms with van der Waals surface area (Å²) < 4.78 is 10.2. The van der Waals surface area contributed by atoms with Crippen LogP contribution in [0.5, 0.6) is 0 Å². The summed E-state index contributed by atoms with van der Waals surface area (Å²) in [7, 11) is 1.79. The number of rotatable bonds is 24. The van der Waals surface area contributed by atoms with Crippen LogP contribution in [-0.4, -0.2) is 26.3 Å². The Balaban J connectivity index is 3.05. The van der Waals surface area contributed by atoms with Crippen molar-refractivity contribution in [3.63, 3.8) is 0 Å². The van der Waals surface area contributed by atoms with E-state index >= 15 is 0 Å². The van der Waals surface area contributed by atoms with Crippen molar-refractivity contribution in [2.24, 2.45) is 0 Å². The number of esters is 1. The van der Waals surface area contributed by atoms with Crippen molar-refractivity contribution < 1.29 is 14.3 Å². The normalized spacial score (nSPS) is 11.0. The molecule has 0 aromatic rings. The molecule has 0 spiro atoms. The van der Waals surface area contributed by atoms with Crippen LogP contribution >= 0.6 is 0 Å². The fourth-order valence-corrected chi connectivity index (χ4v) is 3.82. The van der Waals surface area contributed by atoms with Gasteiger partial charge < -0.3 is 9.47 Å². The van der Waals surface area contributed by atoms with Gasteiger partial charge in [0.2, 0.25) is 0 Å². The van der Waals surface area contributed by atoms with Gasteiger partial charge in [-0.2, -0.15) is 0 Å². The van der Waals surface area contributed by atoms with Crippen molar-refractivity contribution >= 4 is 5.97 Å². The zero-order chi connectivity index (χ0) is 22.1. The summed E-state index contributed by atoms with van der Waals surface area (Å²) in [4.78, 5) is 11.2. The number of unbranched alkanes of at least 4 members (excludes halogenated alkanes) is 19. The molecule has 0 heterocycles.